The summed E-state index contributed by atoms with van der Waals surface area (Å²) in [6.07, 6.45) is 7.40. The van der Waals surface area contributed by atoms with Crippen LogP contribution in [-0.2, 0) is 6.54 Å². The van der Waals surface area contributed by atoms with E-state index in [0.717, 1.165) is 11.8 Å². The highest BCUT2D eigenvalue weighted by atomic mass is 32.2. The van der Waals surface area contributed by atoms with Crippen LogP contribution in [0, 0.1) is 0 Å². The number of aromatic nitrogens is 1. The van der Waals surface area contributed by atoms with Gasteiger partial charge in [-0.05, 0) is 45.2 Å². The molecule has 2 nitrogen and oxygen atoms in total. The van der Waals surface area contributed by atoms with Crippen LogP contribution in [0.3, 0.4) is 0 Å². The zero-order valence-electron chi connectivity index (χ0n) is 11.7. The molecule has 1 aromatic heterocycles. The topological polar surface area (TPSA) is 24.9 Å². The highest BCUT2D eigenvalue weighted by Gasteiger charge is 2.18. The molecule has 3 heteroatoms. The fourth-order valence-electron chi connectivity index (χ4n) is 2.19. The fraction of sp³-hybridized carbons (Fsp3) is 0.667. The molecule has 1 saturated carbocycles. The van der Waals surface area contributed by atoms with Gasteiger partial charge in [0.15, 0.2) is 0 Å². The van der Waals surface area contributed by atoms with Crippen LogP contribution in [-0.4, -0.2) is 15.8 Å². The van der Waals surface area contributed by atoms with Crippen molar-refractivity contribution in [1.29, 1.82) is 0 Å². The van der Waals surface area contributed by atoms with Gasteiger partial charge in [0.1, 0.15) is 5.03 Å². The number of rotatable bonds is 4. The number of nitrogens with one attached hydrogen (secondary N) is 1. The third kappa shape index (κ3) is 4.29. The van der Waals surface area contributed by atoms with E-state index < -0.39 is 0 Å². The Morgan fingerprint density at radius 2 is 2.06 bits per heavy atom. The largest absolute Gasteiger partial charge is 0.308 e. The second kappa shape index (κ2) is 6.07. The molecule has 0 atom stereocenters. The van der Waals surface area contributed by atoms with Crippen LogP contribution >= 0.6 is 11.8 Å². The van der Waals surface area contributed by atoms with Gasteiger partial charge >= 0.3 is 0 Å². The highest BCUT2D eigenvalue weighted by molar-refractivity contribution is 7.99. The van der Waals surface area contributed by atoms with Gasteiger partial charge in [-0.2, -0.15) is 0 Å². The number of hydrogen-bond acceptors (Lipinski definition) is 3. The molecule has 100 valence electrons. The molecule has 0 aromatic carbocycles. The Labute approximate surface area is 115 Å². The van der Waals surface area contributed by atoms with Crippen LogP contribution in [0.15, 0.2) is 23.4 Å². The van der Waals surface area contributed by atoms with Crippen LogP contribution in [0.4, 0.5) is 0 Å². The predicted molar refractivity (Wildman–Crippen MR) is 78.9 cm³/mol. The minimum atomic E-state index is 0.158. The summed E-state index contributed by atoms with van der Waals surface area (Å²) in [6, 6.07) is 4.24. The van der Waals surface area contributed by atoms with Gasteiger partial charge in [0.2, 0.25) is 0 Å². The van der Waals surface area contributed by atoms with Crippen LogP contribution in [0.2, 0.25) is 0 Å². The highest BCUT2D eigenvalue weighted by Crippen LogP contribution is 2.35. The lowest BCUT2D eigenvalue weighted by Gasteiger charge is -2.21. The summed E-state index contributed by atoms with van der Waals surface area (Å²) >= 11 is 1.98. The van der Waals surface area contributed by atoms with Crippen molar-refractivity contribution in [3.8, 4) is 0 Å². The van der Waals surface area contributed by atoms with E-state index >= 15 is 0 Å². The molecule has 0 spiro atoms. The van der Waals surface area contributed by atoms with E-state index in [1.54, 1.807) is 0 Å². The first-order valence-corrected chi connectivity index (χ1v) is 7.78. The molecule has 0 radical (unpaired) electrons. The fourth-order valence-corrected chi connectivity index (χ4v) is 3.49. The van der Waals surface area contributed by atoms with Crippen LogP contribution in [0.25, 0.3) is 0 Å². The van der Waals surface area contributed by atoms with E-state index in [9.17, 15) is 0 Å². The molecule has 2 rings (SSSR count). The second-order valence-corrected chi connectivity index (χ2v) is 7.38. The molecule has 1 N–H and O–H groups in total. The molecule has 1 fully saturated rings. The standard InChI is InChI=1S/C15H24N2S/c1-15(2,3)17-11-12-7-6-10-16-14(12)18-13-8-4-5-9-13/h6-7,10,13,17H,4-5,8-9,11H2,1-3H3. The predicted octanol–water partition coefficient (Wildman–Crippen LogP) is 4.00. The zero-order chi connectivity index (χ0) is 13.0. The third-order valence-corrected chi connectivity index (χ3v) is 4.64. The lowest BCUT2D eigenvalue weighted by Crippen LogP contribution is -2.35. The Bertz CT molecular complexity index is 378. The quantitative estimate of drug-likeness (QED) is 0.889. The van der Waals surface area contributed by atoms with Gasteiger partial charge in [-0.3, -0.25) is 0 Å². The summed E-state index contributed by atoms with van der Waals surface area (Å²) in [6.45, 7) is 7.51. The first kappa shape index (κ1) is 13.9. The van der Waals surface area contributed by atoms with Crippen molar-refractivity contribution in [2.75, 3.05) is 0 Å². The molecule has 1 heterocycles. The van der Waals surface area contributed by atoms with Gasteiger partial charge in [-0.1, -0.05) is 18.9 Å². The summed E-state index contributed by atoms with van der Waals surface area (Å²) in [5, 5.41) is 5.56. The average molecular weight is 264 g/mol. The van der Waals surface area contributed by atoms with Gasteiger partial charge in [0.05, 0.1) is 0 Å². The molecule has 1 aliphatic carbocycles. The van der Waals surface area contributed by atoms with Gasteiger partial charge in [-0.15, -0.1) is 11.8 Å². The van der Waals surface area contributed by atoms with Gasteiger partial charge < -0.3 is 5.32 Å². The first-order chi connectivity index (χ1) is 8.54. The number of thioether (sulfide) groups is 1. The minimum Gasteiger partial charge on any atom is -0.308 e. The van der Waals surface area contributed by atoms with Crippen molar-refractivity contribution in [2.24, 2.45) is 0 Å². The van der Waals surface area contributed by atoms with Crippen molar-refractivity contribution in [2.45, 2.75) is 68.8 Å². The SMILES string of the molecule is CC(C)(C)NCc1cccnc1SC1CCCC1. The van der Waals surface area contributed by atoms with Crippen molar-refractivity contribution < 1.29 is 0 Å². The molecule has 0 unspecified atom stereocenters. The molecule has 0 amide bonds. The van der Waals surface area contributed by atoms with E-state index in [2.05, 4.69) is 37.1 Å². The molecular formula is C15H24N2S. The lowest BCUT2D eigenvalue weighted by molar-refractivity contribution is 0.422. The average Bonchev–Trinajstić information content (AvgIpc) is 2.80. The Hall–Kier alpha value is -0.540. The van der Waals surface area contributed by atoms with Crippen molar-refractivity contribution in [3.63, 3.8) is 0 Å². The number of nitrogens with zero attached hydrogens (tertiary/aromatic N) is 1. The summed E-state index contributed by atoms with van der Waals surface area (Å²) in [4.78, 5) is 4.57. The number of pyridine rings is 1. The third-order valence-electron chi connectivity index (χ3n) is 3.24. The van der Waals surface area contributed by atoms with Gasteiger partial charge in [0.25, 0.3) is 0 Å². The number of hydrogen-bond donors (Lipinski definition) is 1. The maximum Gasteiger partial charge on any atom is 0.101 e. The molecule has 0 saturated heterocycles. The Morgan fingerprint density at radius 1 is 1.33 bits per heavy atom. The molecule has 1 aromatic rings. The summed E-state index contributed by atoms with van der Waals surface area (Å²) < 4.78 is 0. The smallest absolute Gasteiger partial charge is 0.101 e. The van der Waals surface area contributed by atoms with E-state index in [0.29, 0.717) is 0 Å². The van der Waals surface area contributed by atoms with Crippen LogP contribution < -0.4 is 5.32 Å². The molecule has 0 bridgehead atoms. The van der Waals surface area contributed by atoms with E-state index in [4.69, 9.17) is 0 Å². The molecule has 0 aliphatic heterocycles. The lowest BCUT2D eigenvalue weighted by atomic mass is 10.1. The van der Waals surface area contributed by atoms with E-state index in [1.165, 1.54) is 36.3 Å². The monoisotopic (exact) mass is 264 g/mol. The first-order valence-electron chi connectivity index (χ1n) is 6.90. The Balaban J connectivity index is 2.00. The molecule has 1 aliphatic rings. The maximum absolute atomic E-state index is 4.57. The Morgan fingerprint density at radius 3 is 2.72 bits per heavy atom. The van der Waals surface area contributed by atoms with E-state index in [1.807, 2.05) is 24.0 Å². The van der Waals surface area contributed by atoms with Crippen molar-refractivity contribution in [3.05, 3.63) is 23.9 Å². The van der Waals surface area contributed by atoms with Crippen molar-refractivity contribution >= 4 is 11.8 Å². The molecule has 18 heavy (non-hydrogen) atoms. The second-order valence-electron chi connectivity index (χ2n) is 6.10. The van der Waals surface area contributed by atoms with Gasteiger partial charge in [-0.25, -0.2) is 4.98 Å². The summed E-state index contributed by atoms with van der Waals surface area (Å²) in [5.74, 6) is 0. The summed E-state index contributed by atoms with van der Waals surface area (Å²) in [5.41, 5.74) is 1.50. The van der Waals surface area contributed by atoms with Crippen LogP contribution in [0.5, 0.6) is 0 Å². The zero-order valence-corrected chi connectivity index (χ0v) is 12.5. The maximum atomic E-state index is 4.57. The van der Waals surface area contributed by atoms with Crippen molar-refractivity contribution in [1.82, 2.24) is 10.3 Å². The van der Waals surface area contributed by atoms with Crippen LogP contribution in [0.1, 0.15) is 52.0 Å². The van der Waals surface area contributed by atoms with E-state index in [-0.39, 0.29) is 5.54 Å². The van der Waals surface area contributed by atoms with Gasteiger partial charge in [0, 0.05) is 23.5 Å². The summed E-state index contributed by atoms with van der Waals surface area (Å²) in [7, 11) is 0. The molecular weight excluding hydrogens is 240 g/mol. The Kier molecular flexibility index (Phi) is 4.68. The normalized spacial score (nSPS) is 17.3. The minimum absolute atomic E-state index is 0.158.